The fourth-order valence-corrected chi connectivity index (χ4v) is 3.93. The van der Waals surface area contributed by atoms with Gasteiger partial charge in [0.25, 0.3) is 5.91 Å². The van der Waals surface area contributed by atoms with Crippen LogP contribution in [0.1, 0.15) is 34.5 Å². The molecule has 3 aromatic rings. The highest BCUT2D eigenvalue weighted by Crippen LogP contribution is 2.23. The van der Waals surface area contributed by atoms with Crippen LogP contribution in [-0.2, 0) is 6.54 Å². The van der Waals surface area contributed by atoms with E-state index in [0.29, 0.717) is 6.54 Å². The van der Waals surface area contributed by atoms with Crippen LogP contribution in [-0.4, -0.2) is 34.9 Å². The maximum absolute atomic E-state index is 13.8. The molecule has 0 radical (unpaired) electrons. The Morgan fingerprint density at radius 1 is 1.15 bits per heavy atom. The summed E-state index contributed by atoms with van der Waals surface area (Å²) in [6, 6.07) is 15.0. The van der Waals surface area contributed by atoms with E-state index in [-0.39, 0.29) is 17.8 Å². The van der Waals surface area contributed by atoms with Crippen molar-refractivity contribution in [1.82, 2.24) is 15.2 Å². The molecule has 1 saturated heterocycles. The maximum Gasteiger partial charge on any atom is 0.253 e. The van der Waals surface area contributed by atoms with Crippen molar-refractivity contribution in [1.29, 1.82) is 0 Å². The Morgan fingerprint density at radius 2 is 1.85 bits per heavy atom. The summed E-state index contributed by atoms with van der Waals surface area (Å²) < 4.78 is 13.8. The topological polar surface area (TPSA) is 48.1 Å². The Balaban J connectivity index is 1.37. The van der Waals surface area contributed by atoms with E-state index in [2.05, 4.69) is 15.2 Å². The number of nitrogens with zero attached hydrogens (tertiary/aromatic N) is 1. The van der Waals surface area contributed by atoms with Gasteiger partial charge in [-0.25, -0.2) is 4.39 Å². The third-order valence-electron chi connectivity index (χ3n) is 5.40. The van der Waals surface area contributed by atoms with Crippen molar-refractivity contribution in [2.24, 2.45) is 0 Å². The average molecular weight is 365 g/mol. The zero-order chi connectivity index (χ0) is 18.8. The summed E-state index contributed by atoms with van der Waals surface area (Å²) >= 11 is 0. The molecule has 4 rings (SSSR count). The van der Waals surface area contributed by atoms with Gasteiger partial charge in [-0.2, -0.15) is 0 Å². The standard InChI is InChI=1S/C22H24FN3O/c1-15-21(18-7-3-5-9-20(18)24-15)22(27)25-17-10-12-26(13-11-17)14-16-6-2-4-8-19(16)23/h2-9,17,24H,10-14H2,1H3,(H,25,27). The number of aromatic amines is 1. The van der Waals surface area contributed by atoms with Crippen LogP contribution in [0, 0.1) is 12.7 Å². The van der Waals surface area contributed by atoms with Crippen molar-refractivity contribution in [3.8, 4) is 0 Å². The average Bonchev–Trinajstić information content (AvgIpc) is 3.01. The molecule has 4 nitrogen and oxygen atoms in total. The van der Waals surface area contributed by atoms with Crippen molar-refractivity contribution >= 4 is 16.8 Å². The summed E-state index contributed by atoms with van der Waals surface area (Å²) in [4.78, 5) is 18.4. The van der Waals surface area contributed by atoms with E-state index >= 15 is 0 Å². The first-order valence-electron chi connectivity index (χ1n) is 9.46. The number of fused-ring (bicyclic) bond motifs is 1. The van der Waals surface area contributed by atoms with E-state index in [9.17, 15) is 9.18 Å². The molecular weight excluding hydrogens is 341 g/mol. The van der Waals surface area contributed by atoms with Gasteiger partial charge in [0, 0.05) is 47.8 Å². The molecule has 27 heavy (non-hydrogen) atoms. The molecule has 0 saturated carbocycles. The van der Waals surface area contributed by atoms with Gasteiger partial charge in [-0.15, -0.1) is 0 Å². The molecule has 0 aliphatic carbocycles. The zero-order valence-corrected chi connectivity index (χ0v) is 15.5. The van der Waals surface area contributed by atoms with Gasteiger partial charge in [-0.1, -0.05) is 36.4 Å². The first kappa shape index (κ1) is 17.7. The minimum absolute atomic E-state index is 0.0162. The number of halogens is 1. The Kier molecular flexibility index (Phi) is 4.94. The number of aryl methyl sites for hydroxylation is 1. The molecule has 2 heterocycles. The Morgan fingerprint density at radius 3 is 2.63 bits per heavy atom. The number of nitrogens with one attached hydrogen (secondary N) is 2. The number of likely N-dealkylation sites (tertiary alicyclic amines) is 1. The van der Waals surface area contributed by atoms with Crippen LogP contribution in [0.25, 0.3) is 10.9 Å². The lowest BCUT2D eigenvalue weighted by Gasteiger charge is -2.32. The number of rotatable bonds is 4. The van der Waals surface area contributed by atoms with E-state index in [4.69, 9.17) is 0 Å². The van der Waals surface area contributed by atoms with Crippen LogP contribution in [0.15, 0.2) is 48.5 Å². The van der Waals surface area contributed by atoms with Gasteiger partial charge >= 0.3 is 0 Å². The molecule has 0 spiro atoms. The number of H-pyrrole nitrogens is 1. The summed E-state index contributed by atoms with van der Waals surface area (Å²) in [5.41, 5.74) is 3.35. The molecule has 1 fully saturated rings. The highest BCUT2D eigenvalue weighted by Gasteiger charge is 2.23. The van der Waals surface area contributed by atoms with E-state index in [1.807, 2.05) is 43.3 Å². The Hall–Kier alpha value is -2.66. The third-order valence-corrected chi connectivity index (χ3v) is 5.40. The minimum Gasteiger partial charge on any atom is -0.358 e. The van der Waals surface area contributed by atoms with Gasteiger partial charge in [0.2, 0.25) is 0 Å². The summed E-state index contributed by atoms with van der Waals surface area (Å²) in [5.74, 6) is -0.166. The number of para-hydroxylation sites is 1. The van der Waals surface area contributed by atoms with E-state index in [1.54, 1.807) is 6.07 Å². The molecular formula is C22H24FN3O. The smallest absolute Gasteiger partial charge is 0.253 e. The predicted molar refractivity (Wildman–Crippen MR) is 105 cm³/mol. The van der Waals surface area contributed by atoms with Gasteiger partial charge in [0.1, 0.15) is 5.82 Å². The maximum atomic E-state index is 13.8. The van der Waals surface area contributed by atoms with Crippen molar-refractivity contribution in [3.05, 3.63) is 71.2 Å². The zero-order valence-electron chi connectivity index (χ0n) is 15.5. The lowest BCUT2D eigenvalue weighted by molar-refractivity contribution is 0.0910. The van der Waals surface area contributed by atoms with Crippen LogP contribution in [0.3, 0.4) is 0 Å². The number of carbonyl (C=O) groups is 1. The summed E-state index contributed by atoms with van der Waals surface area (Å²) in [6.07, 6.45) is 1.75. The molecule has 2 aromatic carbocycles. The number of piperidine rings is 1. The molecule has 1 amide bonds. The van der Waals surface area contributed by atoms with Gasteiger partial charge in [-0.05, 0) is 31.9 Å². The summed E-state index contributed by atoms with van der Waals surface area (Å²) in [7, 11) is 0. The van der Waals surface area contributed by atoms with Crippen LogP contribution in [0.2, 0.25) is 0 Å². The number of aromatic nitrogens is 1. The Bertz CT molecular complexity index is 957. The fraction of sp³-hybridized carbons (Fsp3) is 0.318. The van der Waals surface area contributed by atoms with Gasteiger partial charge in [0.05, 0.1) is 5.56 Å². The van der Waals surface area contributed by atoms with Gasteiger partial charge in [-0.3, -0.25) is 9.69 Å². The predicted octanol–water partition coefficient (Wildman–Crippen LogP) is 4.01. The third kappa shape index (κ3) is 3.74. The van der Waals surface area contributed by atoms with Gasteiger partial charge in [0.15, 0.2) is 0 Å². The first-order chi connectivity index (χ1) is 13.1. The second-order valence-corrected chi connectivity index (χ2v) is 7.29. The van der Waals surface area contributed by atoms with Gasteiger partial charge < -0.3 is 10.3 Å². The summed E-state index contributed by atoms with van der Waals surface area (Å²) in [6.45, 7) is 4.26. The van der Waals surface area contributed by atoms with E-state index in [0.717, 1.165) is 53.7 Å². The second-order valence-electron chi connectivity index (χ2n) is 7.29. The molecule has 1 aliphatic rings. The second kappa shape index (κ2) is 7.53. The quantitative estimate of drug-likeness (QED) is 0.734. The van der Waals surface area contributed by atoms with Crippen LogP contribution in [0.5, 0.6) is 0 Å². The number of hydrogen-bond donors (Lipinski definition) is 2. The van der Waals surface area contributed by atoms with Crippen molar-refractivity contribution in [2.45, 2.75) is 32.4 Å². The highest BCUT2D eigenvalue weighted by atomic mass is 19.1. The van der Waals surface area contributed by atoms with Crippen molar-refractivity contribution in [3.63, 3.8) is 0 Å². The van der Waals surface area contributed by atoms with E-state index < -0.39 is 0 Å². The molecule has 1 aromatic heterocycles. The number of hydrogen-bond acceptors (Lipinski definition) is 2. The highest BCUT2D eigenvalue weighted by molar-refractivity contribution is 6.08. The van der Waals surface area contributed by atoms with E-state index in [1.165, 1.54) is 6.07 Å². The molecule has 2 N–H and O–H groups in total. The first-order valence-corrected chi connectivity index (χ1v) is 9.46. The molecule has 1 aliphatic heterocycles. The monoisotopic (exact) mass is 365 g/mol. The SMILES string of the molecule is Cc1[nH]c2ccccc2c1C(=O)NC1CCN(Cc2ccccc2F)CC1. The lowest BCUT2D eigenvalue weighted by atomic mass is 10.0. The lowest BCUT2D eigenvalue weighted by Crippen LogP contribution is -2.44. The van der Waals surface area contributed by atoms with Crippen molar-refractivity contribution < 1.29 is 9.18 Å². The molecule has 140 valence electrons. The van der Waals surface area contributed by atoms with Crippen LogP contribution < -0.4 is 5.32 Å². The normalized spacial score (nSPS) is 15.9. The van der Waals surface area contributed by atoms with Crippen LogP contribution >= 0.6 is 0 Å². The van der Waals surface area contributed by atoms with Crippen LogP contribution in [0.4, 0.5) is 4.39 Å². The number of benzene rings is 2. The Labute approximate surface area is 158 Å². The summed E-state index contributed by atoms with van der Waals surface area (Å²) in [5, 5.41) is 4.15. The number of amides is 1. The fourth-order valence-electron chi connectivity index (χ4n) is 3.93. The molecule has 0 bridgehead atoms. The molecule has 0 atom stereocenters. The molecule has 0 unspecified atom stereocenters. The minimum atomic E-state index is -0.150. The number of carbonyl (C=O) groups excluding carboxylic acids is 1. The largest absolute Gasteiger partial charge is 0.358 e. The molecule has 5 heteroatoms. The van der Waals surface area contributed by atoms with Crippen molar-refractivity contribution in [2.75, 3.05) is 13.1 Å².